The number of nitrogens with zero attached hydrogens (tertiary/aromatic N) is 2. The van der Waals surface area contributed by atoms with Crippen LogP contribution >= 0.6 is 0 Å². The van der Waals surface area contributed by atoms with E-state index in [1.165, 1.54) is 10.8 Å². The smallest absolute Gasteiger partial charge is 0.158 e. The third-order valence-corrected chi connectivity index (χ3v) is 14.4. The molecule has 4 unspecified atom stereocenters. The Hall–Kier alpha value is -5.66. The highest BCUT2D eigenvalue weighted by molar-refractivity contribution is 6.16. The summed E-state index contributed by atoms with van der Waals surface area (Å²) in [5.74, 6) is 0. The standard InChI is InChI=1S/C62H68N2O8/c1-5-37-65-59(15-1)69-41-45-19-27-49(28-20-45)63(50-29-21-46(22-30-50)42-70-60-16-2-6-38-66-60)57-13-9-11-53-54-12-10-14-58(56(54)36-35-55(53)57)64(51-31-23-47(24-32-51)43-71-61-17-3-7-39-67-61)52-33-25-48(26-34-52)44-72-62-18-4-8-40-68-62/h9-14,19-36,59-62H,1-8,15-18,37-44H2. The molecule has 0 amide bonds. The van der Waals surface area contributed by atoms with E-state index in [2.05, 4.69) is 155 Å². The van der Waals surface area contributed by atoms with Crippen molar-refractivity contribution in [2.24, 2.45) is 0 Å². The van der Waals surface area contributed by atoms with Crippen molar-refractivity contribution in [2.45, 2.75) is 129 Å². The second-order valence-electron chi connectivity index (χ2n) is 19.6. The van der Waals surface area contributed by atoms with Gasteiger partial charge in [0, 0.05) is 59.9 Å². The molecule has 4 atom stereocenters. The van der Waals surface area contributed by atoms with E-state index in [4.69, 9.17) is 37.9 Å². The Labute approximate surface area is 424 Å². The van der Waals surface area contributed by atoms with Gasteiger partial charge in [-0.2, -0.15) is 0 Å². The molecule has 7 aromatic rings. The van der Waals surface area contributed by atoms with Crippen molar-refractivity contribution in [3.05, 3.63) is 168 Å². The maximum Gasteiger partial charge on any atom is 0.158 e. The maximum atomic E-state index is 6.19. The van der Waals surface area contributed by atoms with Gasteiger partial charge in [0.2, 0.25) is 0 Å². The molecule has 10 heteroatoms. The van der Waals surface area contributed by atoms with Crippen LogP contribution in [0.25, 0.3) is 21.5 Å². The van der Waals surface area contributed by atoms with Gasteiger partial charge in [-0.05, 0) is 171 Å². The summed E-state index contributed by atoms with van der Waals surface area (Å²) in [6, 6.07) is 53.0. The average Bonchev–Trinajstić information content (AvgIpc) is 3.45. The van der Waals surface area contributed by atoms with Crippen LogP contribution in [-0.2, 0) is 64.3 Å². The first-order chi connectivity index (χ1) is 35.7. The van der Waals surface area contributed by atoms with Gasteiger partial charge in [-0.3, -0.25) is 0 Å². The fraction of sp³-hybridized carbons (Fsp3) is 0.387. The van der Waals surface area contributed by atoms with Crippen molar-refractivity contribution in [3.8, 4) is 0 Å². The molecule has 0 spiro atoms. The molecule has 0 aromatic heterocycles. The Morgan fingerprint density at radius 1 is 0.306 bits per heavy atom. The molecule has 4 heterocycles. The molecule has 0 bridgehead atoms. The average molecular weight is 969 g/mol. The first kappa shape index (κ1) is 48.6. The van der Waals surface area contributed by atoms with Gasteiger partial charge < -0.3 is 47.7 Å². The Morgan fingerprint density at radius 2 is 0.583 bits per heavy atom. The summed E-state index contributed by atoms with van der Waals surface area (Å²) >= 11 is 0. The van der Waals surface area contributed by atoms with Crippen LogP contribution in [0.1, 0.15) is 99.3 Å². The molecule has 4 saturated heterocycles. The van der Waals surface area contributed by atoms with Crippen molar-refractivity contribution in [1.29, 1.82) is 0 Å². The van der Waals surface area contributed by atoms with E-state index in [-0.39, 0.29) is 25.2 Å². The van der Waals surface area contributed by atoms with Crippen LogP contribution in [0.3, 0.4) is 0 Å². The van der Waals surface area contributed by atoms with Gasteiger partial charge in [-0.1, -0.05) is 84.9 Å². The summed E-state index contributed by atoms with van der Waals surface area (Å²) in [7, 11) is 0. The van der Waals surface area contributed by atoms with Crippen molar-refractivity contribution >= 4 is 55.7 Å². The molecule has 11 rings (SSSR count). The van der Waals surface area contributed by atoms with Gasteiger partial charge in [-0.15, -0.1) is 0 Å². The monoisotopic (exact) mass is 968 g/mol. The molecule has 7 aromatic carbocycles. The molecule has 0 aliphatic carbocycles. The van der Waals surface area contributed by atoms with Crippen LogP contribution in [0, 0.1) is 0 Å². The summed E-state index contributed by atoms with van der Waals surface area (Å²) < 4.78 is 48.3. The molecule has 4 aliphatic heterocycles. The first-order valence-electron chi connectivity index (χ1n) is 26.5. The van der Waals surface area contributed by atoms with E-state index in [1.54, 1.807) is 0 Å². The molecule has 0 radical (unpaired) electrons. The van der Waals surface area contributed by atoms with Crippen molar-refractivity contribution in [3.63, 3.8) is 0 Å². The molecular weight excluding hydrogens is 901 g/mol. The minimum absolute atomic E-state index is 0.139. The van der Waals surface area contributed by atoms with Crippen LogP contribution in [0.5, 0.6) is 0 Å². The minimum Gasteiger partial charge on any atom is -0.353 e. The van der Waals surface area contributed by atoms with Crippen molar-refractivity contribution in [2.75, 3.05) is 36.2 Å². The Kier molecular flexibility index (Phi) is 16.1. The molecule has 0 N–H and O–H groups in total. The third kappa shape index (κ3) is 11.9. The molecule has 10 nitrogen and oxygen atoms in total. The second kappa shape index (κ2) is 23.9. The van der Waals surface area contributed by atoms with Crippen LogP contribution in [0.4, 0.5) is 34.1 Å². The van der Waals surface area contributed by atoms with E-state index in [0.29, 0.717) is 26.4 Å². The van der Waals surface area contributed by atoms with Crippen LogP contribution in [0.15, 0.2) is 146 Å². The lowest BCUT2D eigenvalue weighted by Crippen LogP contribution is -2.22. The highest BCUT2D eigenvalue weighted by Crippen LogP contribution is 2.45. The van der Waals surface area contributed by atoms with Crippen molar-refractivity contribution < 1.29 is 37.9 Å². The molecule has 0 saturated carbocycles. The van der Waals surface area contributed by atoms with Gasteiger partial charge in [0.25, 0.3) is 0 Å². The Bertz CT molecular complexity index is 2470. The summed E-state index contributed by atoms with van der Waals surface area (Å²) in [6.45, 7) is 5.08. The van der Waals surface area contributed by atoms with E-state index in [0.717, 1.165) is 171 Å². The highest BCUT2D eigenvalue weighted by atomic mass is 16.7. The normalized spacial score (nSPS) is 20.7. The van der Waals surface area contributed by atoms with E-state index < -0.39 is 0 Å². The van der Waals surface area contributed by atoms with Crippen LogP contribution in [0.2, 0.25) is 0 Å². The third-order valence-electron chi connectivity index (χ3n) is 14.4. The topological polar surface area (TPSA) is 80.3 Å². The number of fused-ring (bicyclic) bond motifs is 3. The fourth-order valence-electron chi connectivity index (χ4n) is 10.4. The van der Waals surface area contributed by atoms with Crippen molar-refractivity contribution in [1.82, 2.24) is 0 Å². The predicted molar refractivity (Wildman–Crippen MR) is 284 cm³/mol. The Morgan fingerprint density at radius 3 is 0.833 bits per heavy atom. The lowest BCUT2D eigenvalue weighted by Gasteiger charge is -2.29. The van der Waals surface area contributed by atoms with Crippen LogP contribution < -0.4 is 9.80 Å². The molecular formula is C62H68N2O8. The molecule has 4 aliphatic rings. The lowest BCUT2D eigenvalue weighted by atomic mass is 9.97. The van der Waals surface area contributed by atoms with E-state index in [1.807, 2.05) is 0 Å². The lowest BCUT2D eigenvalue weighted by molar-refractivity contribution is -0.169. The Balaban J connectivity index is 0.930. The molecule has 72 heavy (non-hydrogen) atoms. The summed E-state index contributed by atoms with van der Waals surface area (Å²) in [4.78, 5) is 4.73. The SMILES string of the molecule is c1cc(N(c2ccc(COC3CCCCO3)cc2)c2ccc(COC3CCCCO3)cc2)c2ccc3c(N(c4ccc(COC5CCCCO5)cc4)c4ccc(COC5CCCCO5)cc4)cccc3c2c1. The zero-order valence-electron chi connectivity index (χ0n) is 41.5. The fourth-order valence-corrected chi connectivity index (χ4v) is 10.4. The summed E-state index contributed by atoms with van der Waals surface area (Å²) in [5, 5.41) is 4.63. The number of ether oxygens (including phenoxy) is 8. The van der Waals surface area contributed by atoms with Gasteiger partial charge in [0.15, 0.2) is 25.2 Å². The molecule has 374 valence electrons. The van der Waals surface area contributed by atoms with Gasteiger partial charge in [0.05, 0.1) is 37.8 Å². The molecule has 4 fully saturated rings. The van der Waals surface area contributed by atoms with Gasteiger partial charge in [-0.25, -0.2) is 0 Å². The van der Waals surface area contributed by atoms with Gasteiger partial charge >= 0.3 is 0 Å². The second-order valence-corrected chi connectivity index (χ2v) is 19.6. The predicted octanol–water partition coefficient (Wildman–Crippen LogP) is 15.1. The van der Waals surface area contributed by atoms with E-state index in [9.17, 15) is 0 Å². The summed E-state index contributed by atoms with van der Waals surface area (Å²) in [5.41, 5.74) is 10.8. The highest BCUT2D eigenvalue weighted by Gasteiger charge is 2.22. The van der Waals surface area contributed by atoms with Gasteiger partial charge in [0.1, 0.15) is 0 Å². The number of anilines is 6. The number of hydrogen-bond donors (Lipinski definition) is 0. The van der Waals surface area contributed by atoms with E-state index >= 15 is 0 Å². The zero-order valence-corrected chi connectivity index (χ0v) is 41.5. The number of benzene rings is 7. The largest absolute Gasteiger partial charge is 0.353 e. The maximum absolute atomic E-state index is 6.19. The number of rotatable bonds is 18. The van der Waals surface area contributed by atoms with Crippen LogP contribution in [-0.4, -0.2) is 51.6 Å². The zero-order chi connectivity index (χ0) is 48.3. The minimum atomic E-state index is -0.139. The first-order valence-corrected chi connectivity index (χ1v) is 26.5. The number of hydrogen-bond acceptors (Lipinski definition) is 10. The quantitative estimate of drug-likeness (QED) is 0.0776. The summed E-state index contributed by atoms with van der Waals surface area (Å²) in [6.07, 6.45) is 12.2.